The van der Waals surface area contributed by atoms with Gasteiger partial charge in [0.1, 0.15) is 0 Å². The number of pyridine rings is 1. The Labute approximate surface area is 213 Å². The zero-order valence-corrected chi connectivity index (χ0v) is 20.9. The highest BCUT2D eigenvalue weighted by atomic mass is 32.2. The maximum atomic E-state index is 13.1. The molecule has 0 radical (unpaired) electrons. The van der Waals surface area contributed by atoms with Gasteiger partial charge < -0.3 is 10.1 Å². The molecule has 2 aromatic rings. The van der Waals surface area contributed by atoms with E-state index in [4.69, 9.17) is 4.74 Å². The molecule has 0 bridgehead atoms. The number of benzene rings is 1. The minimum atomic E-state index is -4.37. The van der Waals surface area contributed by atoms with Crippen molar-refractivity contribution in [3.63, 3.8) is 0 Å². The summed E-state index contributed by atoms with van der Waals surface area (Å²) in [4.78, 5) is 21.8. The van der Waals surface area contributed by atoms with Crippen LogP contribution in [0.2, 0.25) is 0 Å². The molecular weight excluding hydrogens is 489 g/mol. The molecule has 3 aliphatic heterocycles. The van der Waals surface area contributed by atoms with Crippen molar-refractivity contribution in [2.75, 3.05) is 39.4 Å². The van der Waals surface area contributed by atoms with E-state index in [9.17, 15) is 18.0 Å². The van der Waals surface area contributed by atoms with Gasteiger partial charge in [-0.25, -0.2) is 0 Å². The quantitative estimate of drug-likeness (QED) is 0.605. The molecular formula is C26H31F3N4O2S. The molecule has 36 heavy (non-hydrogen) atoms. The number of nitrogens with one attached hydrogen (secondary N) is 1. The van der Waals surface area contributed by atoms with Crippen LogP contribution in [0.4, 0.5) is 13.2 Å². The average molecular weight is 521 g/mol. The van der Waals surface area contributed by atoms with E-state index < -0.39 is 11.7 Å². The van der Waals surface area contributed by atoms with Crippen LogP contribution in [0.15, 0.2) is 42.6 Å². The smallest absolute Gasteiger partial charge is 0.380 e. The molecule has 10 heteroatoms. The number of thioether (sulfide) groups is 1. The van der Waals surface area contributed by atoms with Gasteiger partial charge in [-0.3, -0.25) is 19.6 Å². The summed E-state index contributed by atoms with van der Waals surface area (Å²) < 4.78 is 45.0. The number of alkyl halides is 3. The van der Waals surface area contributed by atoms with Crippen LogP contribution < -0.4 is 5.32 Å². The normalized spacial score (nSPS) is 25.1. The number of hydrogen-bond acceptors (Lipinski definition) is 6. The molecule has 4 heterocycles. The van der Waals surface area contributed by atoms with Crippen LogP contribution in [0, 0.1) is 0 Å². The fourth-order valence-electron chi connectivity index (χ4n) is 5.28. The topological polar surface area (TPSA) is 57.7 Å². The van der Waals surface area contributed by atoms with Gasteiger partial charge in [0.05, 0.1) is 30.5 Å². The Bertz CT molecular complexity index is 1050. The second kappa shape index (κ2) is 11.1. The number of hydrogen-bond donors (Lipinski definition) is 1. The number of halogens is 3. The Morgan fingerprint density at radius 2 is 2.08 bits per heavy atom. The summed E-state index contributed by atoms with van der Waals surface area (Å²) in [5.74, 6) is 0.695. The molecule has 2 unspecified atom stereocenters. The Morgan fingerprint density at radius 1 is 1.19 bits per heavy atom. The van der Waals surface area contributed by atoms with Crippen molar-refractivity contribution in [2.24, 2.45) is 0 Å². The van der Waals surface area contributed by atoms with E-state index in [1.165, 1.54) is 6.07 Å². The first-order chi connectivity index (χ1) is 17.3. The molecule has 6 nitrogen and oxygen atoms in total. The van der Waals surface area contributed by atoms with Gasteiger partial charge in [0.25, 0.3) is 0 Å². The molecule has 0 spiro atoms. The number of likely N-dealkylation sites (tertiary alicyclic amines) is 1. The third-order valence-electron chi connectivity index (χ3n) is 7.23. The van der Waals surface area contributed by atoms with Crippen molar-refractivity contribution in [2.45, 2.75) is 48.6 Å². The molecule has 1 aromatic carbocycles. The average Bonchev–Trinajstić information content (AvgIpc) is 3.53. The Balaban J connectivity index is 1.20. The summed E-state index contributed by atoms with van der Waals surface area (Å²) in [5, 5.41) is 3.47. The predicted molar refractivity (Wildman–Crippen MR) is 132 cm³/mol. The number of fused-ring (bicyclic) bond motifs is 1. The van der Waals surface area contributed by atoms with Crippen LogP contribution in [-0.2, 0) is 34.4 Å². The Morgan fingerprint density at radius 3 is 2.83 bits per heavy atom. The zero-order chi connectivity index (χ0) is 25.1. The van der Waals surface area contributed by atoms with E-state index >= 15 is 0 Å². The van der Waals surface area contributed by atoms with Crippen LogP contribution in [-0.4, -0.2) is 77.4 Å². The van der Waals surface area contributed by atoms with Crippen LogP contribution >= 0.6 is 11.8 Å². The summed E-state index contributed by atoms with van der Waals surface area (Å²) in [7, 11) is 0. The number of ether oxygens (including phenoxy) is 1. The van der Waals surface area contributed by atoms with Gasteiger partial charge in [-0.05, 0) is 48.2 Å². The van der Waals surface area contributed by atoms with Crippen LogP contribution in [0.1, 0.15) is 28.8 Å². The summed E-state index contributed by atoms with van der Waals surface area (Å²) in [6.07, 6.45) is -0.927. The van der Waals surface area contributed by atoms with Gasteiger partial charge >= 0.3 is 6.18 Å². The fourth-order valence-corrected chi connectivity index (χ4v) is 6.52. The molecule has 3 aliphatic rings. The lowest BCUT2D eigenvalue weighted by Gasteiger charge is -2.29. The minimum Gasteiger partial charge on any atom is -0.380 e. The lowest BCUT2D eigenvalue weighted by atomic mass is 9.97. The van der Waals surface area contributed by atoms with Crippen LogP contribution in [0.5, 0.6) is 0 Å². The molecule has 2 fully saturated rings. The van der Waals surface area contributed by atoms with Gasteiger partial charge in [0, 0.05) is 56.0 Å². The van der Waals surface area contributed by atoms with Gasteiger partial charge in [-0.1, -0.05) is 12.1 Å². The number of amides is 1. The molecule has 0 saturated carbocycles. The number of nitrogens with zero attached hydrogens (tertiary/aromatic N) is 3. The molecule has 1 N–H and O–H groups in total. The largest absolute Gasteiger partial charge is 0.416 e. The second-order valence-electron chi connectivity index (χ2n) is 9.76. The summed E-state index contributed by atoms with van der Waals surface area (Å²) in [6.45, 7) is 4.34. The maximum absolute atomic E-state index is 13.1. The first-order valence-electron chi connectivity index (χ1n) is 12.4. The van der Waals surface area contributed by atoms with Crippen LogP contribution in [0.25, 0.3) is 0 Å². The number of carbonyl (C=O) groups excluding carboxylic acids is 1. The van der Waals surface area contributed by atoms with E-state index in [-0.39, 0.29) is 23.7 Å². The zero-order valence-electron chi connectivity index (χ0n) is 20.0. The van der Waals surface area contributed by atoms with Gasteiger partial charge in [-0.2, -0.15) is 13.2 Å². The van der Waals surface area contributed by atoms with E-state index in [0.29, 0.717) is 31.1 Å². The van der Waals surface area contributed by atoms with Crippen LogP contribution in [0.3, 0.4) is 0 Å². The van der Waals surface area contributed by atoms with Crippen molar-refractivity contribution in [1.82, 2.24) is 20.1 Å². The highest BCUT2D eigenvalue weighted by Gasteiger charge is 2.38. The lowest BCUT2D eigenvalue weighted by molar-refractivity contribution is -0.137. The Kier molecular flexibility index (Phi) is 7.85. The molecule has 5 rings (SSSR count). The highest BCUT2D eigenvalue weighted by molar-refractivity contribution is 7.99. The first kappa shape index (κ1) is 25.5. The number of aromatic nitrogens is 1. The second-order valence-corrected chi connectivity index (χ2v) is 11.0. The number of carbonyl (C=O) groups is 1. The SMILES string of the molecule is O=C(CN1CCc2ccc(C(F)(F)F)cc2C1)NC1CN(C2CCOC2)C[C@@H]1SCc1ccccn1. The molecule has 0 aliphatic carbocycles. The molecule has 194 valence electrons. The third-order valence-corrected chi connectivity index (χ3v) is 8.59. The van der Waals surface area contributed by atoms with Gasteiger partial charge in [0.15, 0.2) is 0 Å². The monoisotopic (exact) mass is 520 g/mol. The summed E-state index contributed by atoms with van der Waals surface area (Å²) >= 11 is 1.81. The third kappa shape index (κ3) is 6.22. The van der Waals surface area contributed by atoms with E-state index in [0.717, 1.165) is 55.8 Å². The van der Waals surface area contributed by atoms with E-state index in [1.54, 1.807) is 12.3 Å². The lowest BCUT2D eigenvalue weighted by Crippen LogP contribution is -2.47. The number of rotatable bonds is 7. The molecule has 2 saturated heterocycles. The fraction of sp³-hybridized carbons (Fsp3) is 0.538. The minimum absolute atomic E-state index is 0.000668. The van der Waals surface area contributed by atoms with Crippen molar-refractivity contribution < 1.29 is 22.7 Å². The summed E-state index contributed by atoms with van der Waals surface area (Å²) in [6, 6.07) is 10.2. The van der Waals surface area contributed by atoms with Gasteiger partial charge in [0.2, 0.25) is 5.91 Å². The Hall–Kier alpha value is -2.14. The summed E-state index contributed by atoms with van der Waals surface area (Å²) in [5.41, 5.74) is 1.96. The predicted octanol–water partition coefficient (Wildman–Crippen LogP) is 3.35. The van der Waals surface area contributed by atoms with E-state index in [2.05, 4.69) is 15.2 Å². The highest BCUT2D eigenvalue weighted by Crippen LogP contribution is 2.32. The molecule has 1 aromatic heterocycles. The standard InChI is InChI=1S/C26H31F3N4O2S/c27-26(28,29)20-5-4-18-6-9-32(12-19(18)11-20)15-25(34)31-23-13-33(22-7-10-35-16-22)14-24(23)36-17-21-3-1-2-8-30-21/h1-5,8,11,22-24H,6-7,9-10,12-17H2,(H,31,34)/t22?,23?,24-/m0/s1. The first-order valence-corrected chi connectivity index (χ1v) is 13.4. The maximum Gasteiger partial charge on any atom is 0.416 e. The van der Waals surface area contributed by atoms with Gasteiger partial charge in [-0.15, -0.1) is 11.8 Å². The molecule has 3 atom stereocenters. The van der Waals surface area contributed by atoms with Crippen molar-refractivity contribution in [1.29, 1.82) is 0 Å². The van der Waals surface area contributed by atoms with E-state index in [1.807, 2.05) is 34.9 Å². The molecule has 1 amide bonds. The van der Waals surface area contributed by atoms with Crippen molar-refractivity contribution >= 4 is 17.7 Å². The van der Waals surface area contributed by atoms with Crippen molar-refractivity contribution in [3.8, 4) is 0 Å². The van der Waals surface area contributed by atoms with Crippen molar-refractivity contribution in [3.05, 3.63) is 65.0 Å².